The van der Waals surface area contributed by atoms with E-state index in [1.165, 1.54) is 9.87 Å². The van der Waals surface area contributed by atoms with E-state index in [2.05, 4.69) is 5.32 Å². The Morgan fingerprint density at radius 3 is 2.95 bits per heavy atom. The summed E-state index contributed by atoms with van der Waals surface area (Å²) in [5, 5.41) is 3.26. The third-order valence-electron chi connectivity index (χ3n) is 3.69. The highest BCUT2D eigenvalue weighted by Crippen LogP contribution is 2.26. The zero-order valence-electron chi connectivity index (χ0n) is 11.9. The zero-order chi connectivity index (χ0) is 14.9. The fourth-order valence-electron chi connectivity index (χ4n) is 2.49. The van der Waals surface area contributed by atoms with E-state index in [1.54, 1.807) is 37.6 Å². The van der Waals surface area contributed by atoms with Crippen molar-refractivity contribution < 1.29 is 12.8 Å². The first kappa shape index (κ1) is 14.2. The Labute approximate surface area is 124 Å². The number of sulfonamides is 1. The summed E-state index contributed by atoms with van der Waals surface area (Å²) in [5.41, 5.74) is 2.10. The van der Waals surface area contributed by atoms with Crippen LogP contribution in [-0.2, 0) is 23.0 Å². The lowest BCUT2D eigenvalue weighted by atomic mass is 10.0. The van der Waals surface area contributed by atoms with Gasteiger partial charge >= 0.3 is 0 Å². The molecule has 0 saturated heterocycles. The molecule has 0 fully saturated rings. The summed E-state index contributed by atoms with van der Waals surface area (Å²) in [6, 6.07) is 8.82. The Hall–Kier alpha value is -1.79. The number of benzene rings is 1. The fraction of sp³-hybridized carbons (Fsp3) is 0.333. The van der Waals surface area contributed by atoms with Gasteiger partial charge in [0.1, 0.15) is 5.76 Å². The van der Waals surface area contributed by atoms with Gasteiger partial charge in [0.05, 0.1) is 17.7 Å². The monoisotopic (exact) mass is 306 g/mol. The van der Waals surface area contributed by atoms with E-state index >= 15 is 0 Å². The van der Waals surface area contributed by atoms with Crippen LogP contribution in [0.15, 0.2) is 45.9 Å². The number of anilines is 1. The molecule has 2 heterocycles. The fourth-order valence-corrected chi connectivity index (χ4v) is 3.65. The first-order valence-electron chi connectivity index (χ1n) is 6.93. The molecule has 0 saturated carbocycles. The van der Waals surface area contributed by atoms with Crippen LogP contribution in [0.4, 0.5) is 5.69 Å². The first-order valence-corrected chi connectivity index (χ1v) is 8.37. The minimum atomic E-state index is -3.52. The van der Waals surface area contributed by atoms with E-state index in [-0.39, 0.29) is 6.54 Å². The number of furan rings is 1. The molecule has 3 rings (SSSR count). The summed E-state index contributed by atoms with van der Waals surface area (Å²) in [5.74, 6) is 0.622. The molecular formula is C15H18N2O3S. The van der Waals surface area contributed by atoms with Crippen LogP contribution in [0.5, 0.6) is 0 Å². The van der Waals surface area contributed by atoms with Gasteiger partial charge in [0, 0.05) is 19.3 Å². The smallest absolute Gasteiger partial charge is 0.243 e. The number of aryl methyl sites for hydroxylation is 1. The minimum Gasteiger partial charge on any atom is -0.468 e. The second kappa shape index (κ2) is 5.54. The molecule has 0 radical (unpaired) electrons. The van der Waals surface area contributed by atoms with Crippen LogP contribution in [0.3, 0.4) is 0 Å². The molecule has 6 heteroatoms. The highest BCUT2D eigenvalue weighted by atomic mass is 32.2. The lowest BCUT2D eigenvalue weighted by Crippen LogP contribution is -2.26. The summed E-state index contributed by atoms with van der Waals surface area (Å²) in [6.07, 6.45) is 3.61. The van der Waals surface area contributed by atoms with Gasteiger partial charge in [-0.3, -0.25) is 0 Å². The number of fused-ring (bicyclic) bond motifs is 1. The van der Waals surface area contributed by atoms with E-state index in [9.17, 15) is 8.42 Å². The molecule has 0 atom stereocenters. The standard InChI is InChI=1S/C15H18N2O3S/c1-17(11-13-5-3-9-20-13)21(18,19)14-7-6-12-4-2-8-16-15(12)10-14/h3,5-7,9-10,16H,2,4,8,11H2,1H3. The highest BCUT2D eigenvalue weighted by Gasteiger charge is 2.23. The lowest BCUT2D eigenvalue weighted by Gasteiger charge is -2.21. The van der Waals surface area contributed by atoms with Gasteiger partial charge in [-0.25, -0.2) is 8.42 Å². The third-order valence-corrected chi connectivity index (χ3v) is 5.49. The van der Waals surface area contributed by atoms with E-state index in [0.29, 0.717) is 10.7 Å². The average molecular weight is 306 g/mol. The number of nitrogens with one attached hydrogen (secondary N) is 1. The Bertz CT molecular complexity index is 723. The van der Waals surface area contributed by atoms with Crippen LogP contribution < -0.4 is 5.32 Å². The second-order valence-electron chi connectivity index (χ2n) is 5.19. The Balaban J connectivity index is 1.87. The van der Waals surface area contributed by atoms with Gasteiger partial charge in [-0.15, -0.1) is 0 Å². The molecule has 5 nitrogen and oxygen atoms in total. The summed E-state index contributed by atoms with van der Waals surface area (Å²) in [4.78, 5) is 0.310. The molecule has 0 spiro atoms. The van der Waals surface area contributed by atoms with Crippen molar-refractivity contribution in [3.63, 3.8) is 0 Å². The van der Waals surface area contributed by atoms with Gasteiger partial charge in [0.15, 0.2) is 0 Å². The van der Waals surface area contributed by atoms with Crippen molar-refractivity contribution in [3.8, 4) is 0 Å². The number of rotatable bonds is 4. The third kappa shape index (κ3) is 2.82. The maximum Gasteiger partial charge on any atom is 0.243 e. The van der Waals surface area contributed by atoms with E-state index < -0.39 is 10.0 Å². The molecule has 112 valence electrons. The van der Waals surface area contributed by atoms with Crippen LogP contribution in [0, 0.1) is 0 Å². The molecule has 0 amide bonds. The second-order valence-corrected chi connectivity index (χ2v) is 7.23. The first-order chi connectivity index (χ1) is 10.1. The summed E-state index contributed by atoms with van der Waals surface area (Å²) in [6.45, 7) is 1.11. The van der Waals surface area contributed by atoms with Gasteiger partial charge < -0.3 is 9.73 Å². The molecule has 1 aliphatic rings. The number of hydrogen-bond acceptors (Lipinski definition) is 4. The molecule has 0 aliphatic carbocycles. The Kier molecular flexibility index (Phi) is 3.73. The molecular weight excluding hydrogens is 288 g/mol. The predicted molar refractivity (Wildman–Crippen MR) is 80.6 cm³/mol. The van der Waals surface area contributed by atoms with Crippen molar-refractivity contribution in [2.45, 2.75) is 24.3 Å². The highest BCUT2D eigenvalue weighted by molar-refractivity contribution is 7.89. The molecule has 1 N–H and O–H groups in total. The molecule has 0 unspecified atom stereocenters. The van der Waals surface area contributed by atoms with E-state index in [4.69, 9.17) is 4.42 Å². The largest absolute Gasteiger partial charge is 0.468 e. The van der Waals surface area contributed by atoms with Gasteiger partial charge in [-0.2, -0.15) is 4.31 Å². The molecule has 21 heavy (non-hydrogen) atoms. The predicted octanol–water partition coefficient (Wildman–Crippen LogP) is 2.46. The van der Waals surface area contributed by atoms with Gasteiger partial charge in [-0.05, 0) is 42.7 Å². The lowest BCUT2D eigenvalue weighted by molar-refractivity contribution is 0.406. The summed E-state index contributed by atoms with van der Waals surface area (Å²) >= 11 is 0. The van der Waals surface area contributed by atoms with Gasteiger partial charge in [0.2, 0.25) is 10.0 Å². The average Bonchev–Trinajstić information content (AvgIpc) is 2.99. The quantitative estimate of drug-likeness (QED) is 0.942. The van der Waals surface area contributed by atoms with Crippen molar-refractivity contribution >= 4 is 15.7 Å². The van der Waals surface area contributed by atoms with E-state index in [1.807, 2.05) is 6.07 Å². The maximum atomic E-state index is 12.6. The number of nitrogens with zero attached hydrogens (tertiary/aromatic N) is 1. The molecule has 1 aromatic carbocycles. The van der Waals surface area contributed by atoms with Crippen LogP contribution in [0.2, 0.25) is 0 Å². The van der Waals surface area contributed by atoms with Crippen molar-refractivity contribution in [1.82, 2.24) is 4.31 Å². The zero-order valence-corrected chi connectivity index (χ0v) is 12.7. The topological polar surface area (TPSA) is 62.6 Å². The minimum absolute atomic E-state index is 0.222. The van der Waals surface area contributed by atoms with E-state index in [0.717, 1.165) is 25.1 Å². The molecule has 2 aromatic rings. The summed E-state index contributed by atoms with van der Waals surface area (Å²) in [7, 11) is -1.95. The van der Waals surface area contributed by atoms with Crippen LogP contribution in [-0.4, -0.2) is 26.3 Å². The Morgan fingerprint density at radius 2 is 2.19 bits per heavy atom. The summed E-state index contributed by atoms with van der Waals surface area (Å²) < 4.78 is 31.7. The molecule has 0 bridgehead atoms. The molecule has 1 aromatic heterocycles. The van der Waals surface area contributed by atoms with Crippen molar-refractivity contribution in [2.75, 3.05) is 18.9 Å². The van der Waals surface area contributed by atoms with Crippen LogP contribution in [0.1, 0.15) is 17.7 Å². The van der Waals surface area contributed by atoms with Crippen molar-refractivity contribution in [2.24, 2.45) is 0 Å². The van der Waals surface area contributed by atoms with Gasteiger partial charge in [-0.1, -0.05) is 6.07 Å². The van der Waals surface area contributed by atoms with Crippen LogP contribution >= 0.6 is 0 Å². The maximum absolute atomic E-state index is 12.6. The number of hydrogen-bond donors (Lipinski definition) is 1. The van der Waals surface area contributed by atoms with Crippen molar-refractivity contribution in [1.29, 1.82) is 0 Å². The van der Waals surface area contributed by atoms with Gasteiger partial charge in [0.25, 0.3) is 0 Å². The normalized spacial score (nSPS) is 14.8. The SMILES string of the molecule is CN(Cc1ccco1)S(=O)(=O)c1ccc2c(c1)NCCC2. The van der Waals surface area contributed by atoms with Crippen molar-refractivity contribution in [3.05, 3.63) is 47.9 Å². The Morgan fingerprint density at radius 1 is 1.33 bits per heavy atom. The molecule has 1 aliphatic heterocycles. The van der Waals surface area contributed by atoms with Crippen LogP contribution in [0.25, 0.3) is 0 Å².